The number of esters is 1. The summed E-state index contributed by atoms with van der Waals surface area (Å²) in [4.78, 5) is 25.8. The molecule has 8 heteroatoms. The van der Waals surface area contributed by atoms with Crippen LogP contribution in [0.3, 0.4) is 0 Å². The molecule has 1 amide bonds. The number of amides is 1. The highest BCUT2D eigenvalue weighted by Crippen LogP contribution is 2.12. The summed E-state index contributed by atoms with van der Waals surface area (Å²) >= 11 is 0. The molecule has 2 heterocycles. The lowest BCUT2D eigenvalue weighted by Gasteiger charge is -2.15. The van der Waals surface area contributed by atoms with Crippen LogP contribution in [0.5, 0.6) is 0 Å². The van der Waals surface area contributed by atoms with Crippen molar-refractivity contribution in [2.24, 2.45) is 14.1 Å². The summed E-state index contributed by atoms with van der Waals surface area (Å²) in [5, 5.41) is 8.36. The maximum Gasteiger partial charge on any atom is 0.356 e. The zero-order chi connectivity index (χ0) is 17.1. The van der Waals surface area contributed by atoms with Crippen molar-refractivity contribution in [2.75, 3.05) is 13.7 Å². The maximum absolute atomic E-state index is 12.5. The third-order valence-electron chi connectivity index (χ3n) is 3.45. The van der Waals surface area contributed by atoms with Crippen LogP contribution in [-0.4, -0.2) is 50.0 Å². The Kier molecular flexibility index (Phi) is 4.83. The van der Waals surface area contributed by atoms with Crippen molar-refractivity contribution in [1.82, 2.24) is 24.5 Å². The lowest BCUT2D eigenvalue weighted by Crippen LogP contribution is -2.26. The molecular weight excluding hydrogens is 298 g/mol. The Morgan fingerprint density at radius 3 is 2.57 bits per heavy atom. The van der Waals surface area contributed by atoms with Gasteiger partial charge in [0.15, 0.2) is 5.69 Å². The number of carbonyl (C=O) groups excluding carboxylic acids is 2. The highest BCUT2D eigenvalue weighted by atomic mass is 16.5. The zero-order valence-corrected chi connectivity index (χ0v) is 14.0. The summed E-state index contributed by atoms with van der Waals surface area (Å²) in [7, 11) is 5.13. The Hall–Kier alpha value is -2.64. The van der Waals surface area contributed by atoms with Crippen molar-refractivity contribution >= 4 is 11.9 Å². The Balaban J connectivity index is 2.15. The van der Waals surface area contributed by atoms with Crippen molar-refractivity contribution in [2.45, 2.75) is 20.4 Å². The first-order valence-electron chi connectivity index (χ1n) is 7.29. The molecule has 0 atom stereocenters. The quantitative estimate of drug-likeness (QED) is 0.765. The van der Waals surface area contributed by atoms with E-state index in [0.717, 1.165) is 11.3 Å². The summed E-state index contributed by atoms with van der Waals surface area (Å²) in [6, 6.07) is 1.45. The highest BCUT2D eigenvalue weighted by molar-refractivity contribution is 5.95. The fraction of sp³-hybridized carbons (Fsp3) is 0.467. The van der Waals surface area contributed by atoms with Gasteiger partial charge in [0, 0.05) is 45.5 Å². The molecule has 0 aliphatic carbocycles. The van der Waals surface area contributed by atoms with E-state index in [0.29, 0.717) is 6.54 Å². The van der Waals surface area contributed by atoms with E-state index in [9.17, 15) is 9.59 Å². The molecular formula is C15H21N5O3. The highest BCUT2D eigenvalue weighted by Gasteiger charge is 2.21. The van der Waals surface area contributed by atoms with Crippen molar-refractivity contribution in [1.29, 1.82) is 0 Å². The first-order chi connectivity index (χ1) is 10.8. The second kappa shape index (κ2) is 6.64. The number of carbonyl (C=O) groups is 2. The Labute approximate surface area is 134 Å². The fourth-order valence-electron chi connectivity index (χ4n) is 2.29. The van der Waals surface area contributed by atoms with Gasteiger partial charge in [0.1, 0.15) is 5.69 Å². The largest absolute Gasteiger partial charge is 0.461 e. The second-order valence-electron chi connectivity index (χ2n) is 5.33. The number of hydrogen-bond acceptors (Lipinski definition) is 5. The van der Waals surface area contributed by atoms with Crippen molar-refractivity contribution in [3.05, 3.63) is 34.9 Å². The third kappa shape index (κ3) is 3.58. The zero-order valence-electron chi connectivity index (χ0n) is 14.0. The third-order valence-corrected chi connectivity index (χ3v) is 3.45. The van der Waals surface area contributed by atoms with Crippen LogP contribution in [0.2, 0.25) is 0 Å². The molecule has 0 bridgehead atoms. The van der Waals surface area contributed by atoms with Crippen LogP contribution in [0.25, 0.3) is 0 Å². The Bertz CT molecular complexity index is 732. The normalized spacial score (nSPS) is 10.7. The second-order valence-corrected chi connectivity index (χ2v) is 5.33. The van der Waals surface area contributed by atoms with Gasteiger partial charge < -0.3 is 9.64 Å². The smallest absolute Gasteiger partial charge is 0.356 e. The predicted molar refractivity (Wildman–Crippen MR) is 82.9 cm³/mol. The molecule has 0 aromatic carbocycles. The molecule has 8 nitrogen and oxygen atoms in total. The van der Waals surface area contributed by atoms with Gasteiger partial charge in [0.2, 0.25) is 0 Å². The molecule has 0 N–H and O–H groups in total. The van der Waals surface area contributed by atoms with Crippen LogP contribution in [0, 0.1) is 6.92 Å². The lowest BCUT2D eigenvalue weighted by molar-refractivity contribution is 0.0513. The van der Waals surface area contributed by atoms with Gasteiger partial charge in [-0.05, 0) is 13.8 Å². The van der Waals surface area contributed by atoms with Crippen molar-refractivity contribution in [3.8, 4) is 0 Å². The molecule has 23 heavy (non-hydrogen) atoms. The average Bonchev–Trinajstić information content (AvgIpc) is 3.01. The van der Waals surface area contributed by atoms with E-state index < -0.39 is 5.97 Å². The van der Waals surface area contributed by atoms with Crippen LogP contribution < -0.4 is 0 Å². The minimum atomic E-state index is -0.493. The summed E-state index contributed by atoms with van der Waals surface area (Å²) in [5.74, 6) is -0.758. The van der Waals surface area contributed by atoms with Crippen LogP contribution in [0.15, 0.2) is 12.3 Å². The Morgan fingerprint density at radius 2 is 2.00 bits per heavy atom. The average molecular weight is 319 g/mol. The van der Waals surface area contributed by atoms with Gasteiger partial charge in [-0.15, -0.1) is 0 Å². The molecule has 124 valence electrons. The van der Waals surface area contributed by atoms with Gasteiger partial charge in [-0.2, -0.15) is 10.2 Å². The standard InChI is InChI=1S/C15H21N5O3/c1-6-23-15(22)13-7-12(17-20(13)5)14(21)18(3)8-11-9-19(4)16-10(11)2/h7,9H,6,8H2,1-5H3. The van der Waals surface area contributed by atoms with Crippen LogP contribution in [0.1, 0.15) is 39.2 Å². The number of hydrogen-bond donors (Lipinski definition) is 0. The van der Waals surface area contributed by atoms with E-state index in [1.807, 2.05) is 20.2 Å². The first kappa shape index (κ1) is 16.7. The SMILES string of the molecule is CCOC(=O)c1cc(C(=O)N(C)Cc2cn(C)nc2C)nn1C. The number of aryl methyl sites for hydroxylation is 3. The molecule has 0 aliphatic heterocycles. The fourth-order valence-corrected chi connectivity index (χ4v) is 2.29. The number of nitrogens with zero attached hydrogens (tertiary/aromatic N) is 5. The first-order valence-corrected chi connectivity index (χ1v) is 7.29. The number of aromatic nitrogens is 4. The van der Waals surface area contributed by atoms with Crippen molar-refractivity contribution in [3.63, 3.8) is 0 Å². The predicted octanol–water partition coefficient (Wildman–Crippen LogP) is 0.911. The molecule has 0 spiro atoms. The van der Waals surface area contributed by atoms with E-state index in [2.05, 4.69) is 10.2 Å². The summed E-state index contributed by atoms with van der Waals surface area (Å²) in [5.41, 5.74) is 2.30. The molecule has 0 radical (unpaired) electrons. The number of ether oxygens (including phenoxy) is 1. The molecule has 2 rings (SSSR count). The minimum Gasteiger partial charge on any atom is -0.461 e. The van der Waals surface area contributed by atoms with E-state index >= 15 is 0 Å². The van der Waals surface area contributed by atoms with Crippen LogP contribution in [-0.2, 0) is 25.4 Å². The van der Waals surface area contributed by atoms with Crippen molar-refractivity contribution < 1.29 is 14.3 Å². The number of rotatable bonds is 5. The summed E-state index contributed by atoms with van der Waals surface area (Å²) < 4.78 is 8.01. The van der Waals surface area contributed by atoms with Gasteiger partial charge in [-0.3, -0.25) is 14.2 Å². The molecule has 2 aromatic rings. The molecule has 0 fully saturated rings. The molecule has 2 aromatic heterocycles. The van der Waals surface area contributed by atoms with Gasteiger partial charge >= 0.3 is 5.97 Å². The summed E-state index contributed by atoms with van der Waals surface area (Å²) in [6.45, 7) is 4.31. The van der Waals surface area contributed by atoms with Crippen LogP contribution >= 0.6 is 0 Å². The molecule has 0 saturated heterocycles. The van der Waals surface area contributed by atoms with Gasteiger partial charge in [0.25, 0.3) is 5.91 Å². The van der Waals surface area contributed by atoms with Gasteiger partial charge in [0.05, 0.1) is 12.3 Å². The molecule has 0 saturated carbocycles. The lowest BCUT2D eigenvalue weighted by atomic mass is 10.2. The van der Waals surface area contributed by atoms with E-state index in [-0.39, 0.29) is 23.9 Å². The monoisotopic (exact) mass is 319 g/mol. The molecule has 0 unspecified atom stereocenters. The van der Waals surface area contributed by atoms with E-state index in [1.165, 1.54) is 10.7 Å². The van der Waals surface area contributed by atoms with E-state index in [1.54, 1.807) is 30.6 Å². The Morgan fingerprint density at radius 1 is 1.30 bits per heavy atom. The van der Waals surface area contributed by atoms with Gasteiger partial charge in [-0.1, -0.05) is 0 Å². The topological polar surface area (TPSA) is 82.2 Å². The molecule has 0 aliphatic rings. The van der Waals surface area contributed by atoms with Gasteiger partial charge in [-0.25, -0.2) is 4.79 Å². The maximum atomic E-state index is 12.5. The van der Waals surface area contributed by atoms with E-state index in [4.69, 9.17) is 4.74 Å². The summed E-state index contributed by atoms with van der Waals surface area (Å²) in [6.07, 6.45) is 1.88. The minimum absolute atomic E-state index is 0.208. The van der Waals surface area contributed by atoms with Crippen LogP contribution in [0.4, 0.5) is 0 Å².